The van der Waals surface area contributed by atoms with Crippen LogP contribution in [0.3, 0.4) is 0 Å². The molecule has 0 aromatic carbocycles. The van der Waals surface area contributed by atoms with Crippen LogP contribution in [0.25, 0.3) is 0 Å². The summed E-state index contributed by atoms with van der Waals surface area (Å²) in [6, 6.07) is 0. The summed E-state index contributed by atoms with van der Waals surface area (Å²) in [5.74, 6) is 1.19. The number of hydrogen-bond acceptors (Lipinski definition) is 4. The van der Waals surface area contributed by atoms with Gasteiger partial charge in [0.2, 0.25) is 0 Å². The van der Waals surface area contributed by atoms with Crippen molar-refractivity contribution in [3.8, 4) is 0 Å². The molecule has 0 amide bonds. The molecule has 0 unspecified atom stereocenters. The molecular weight excluding hydrogens is 208 g/mol. The van der Waals surface area contributed by atoms with Crippen molar-refractivity contribution in [1.29, 1.82) is 0 Å². The molecule has 0 aliphatic heterocycles. The lowest BCUT2D eigenvalue weighted by molar-refractivity contribution is 1.10. The van der Waals surface area contributed by atoms with E-state index in [4.69, 9.17) is 5.73 Å². The van der Waals surface area contributed by atoms with Crippen LogP contribution in [0.2, 0.25) is 0 Å². The van der Waals surface area contributed by atoms with Crippen molar-refractivity contribution in [2.24, 2.45) is 0 Å². The van der Waals surface area contributed by atoms with Crippen molar-refractivity contribution in [2.75, 3.05) is 17.6 Å². The van der Waals surface area contributed by atoms with Crippen molar-refractivity contribution < 1.29 is 0 Å². The lowest BCUT2D eigenvalue weighted by Crippen LogP contribution is -2.03. The third-order valence-corrected chi connectivity index (χ3v) is 1.94. The van der Waals surface area contributed by atoms with Crippen LogP contribution < -0.4 is 11.1 Å². The van der Waals surface area contributed by atoms with Gasteiger partial charge in [0.15, 0.2) is 0 Å². The van der Waals surface area contributed by atoms with Gasteiger partial charge in [-0.1, -0.05) is 0 Å². The molecule has 11 heavy (non-hydrogen) atoms. The number of hydrogen-bond donors (Lipinski definition) is 2. The Morgan fingerprint density at radius 2 is 2.36 bits per heavy atom. The molecule has 4 nitrogen and oxygen atoms in total. The van der Waals surface area contributed by atoms with Crippen LogP contribution in [-0.2, 0) is 0 Å². The number of rotatable bonds is 2. The largest absolute Gasteiger partial charge is 0.383 e. The third kappa shape index (κ3) is 1.80. The molecule has 0 bridgehead atoms. The Labute approximate surface area is 73.4 Å². The van der Waals surface area contributed by atoms with E-state index in [1.165, 1.54) is 6.33 Å². The summed E-state index contributed by atoms with van der Waals surface area (Å²) in [6.45, 7) is 2.81. The van der Waals surface area contributed by atoms with Gasteiger partial charge in [-0.25, -0.2) is 9.97 Å². The molecule has 0 aliphatic carbocycles. The highest BCUT2D eigenvalue weighted by molar-refractivity contribution is 9.10. The van der Waals surface area contributed by atoms with Gasteiger partial charge in [0.05, 0.1) is 0 Å². The first-order valence-corrected chi connectivity index (χ1v) is 4.04. The Bertz CT molecular complexity index is 250. The molecule has 0 aliphatic rings. The lowest BCUT2D eigenvalue weighted by atomic mass is 10.5. The third-order valence-electron chi connectivity index (χ3n) is 1.16. The van der Waals surface area contributed by atoms with Gasteiger partial charge in [0.25, 0.3) is 0 Å². The normalized spacial score (nSPS) is 9.64. The van der Waals surface area contributed by atoms with Gasteiger partial charge in [-0.05, 0) is 22.9 Å². The summed E-state index contributed by atoms with van der Waals surface area (Å²) in [5.41, 5.74) is 5.51. The Morgan fingerprint density at radius 1 is 1.64 bits per heavy atom. The van der Waals surface area contributed by atoms with Gasteiger partial charge in [-0.15, -0.1) is 0 Å². The quantitative estimate of drug-likeness (QED) is 0.782. The number of nitrogens with zero attached hydrogens (tertiary/aromatic N) is 2. The zero-order chi connectivity index (χ0) is 8.27. The standard InChI is InChI=1S/C6H9BrN4/c1-2-9-6-4(7)5(8)10-3-11-6/h3H,2H2,1H3,(H3,8,9,10,11). The average Bonchev–Trinajstić information content (AvgIpc) is 1.99. The first kappa shape index (κ1) is 8.26. The predicted octanol–water partition coefficient (Wildman–Crippen LogP) is 1.25. The number of aromatic nitrogens is 2. The SMILES string of the molecule is CCNc1ncnc(N)c1Br. The molecule has 60 valence electrons. The molecule has 1 aromatic heterocycles. The zero-order valence-electron chi connectivity index (χ0n) is 6.13. The fourth-order valence-corrected chi connectivity index (χ4v) is 1.02. The van der Waals surface area contributed by atoms with Gasteiger partial charge in [0, 0.05) is 6.54 Å². The summed E-state index contributed by atoms with van der Waals surface area (Å²) in [6.07, 6.45) is 1.43. The molecule has 0 saturated heterocycles. The van der Waals surface area contributed by atoms with Crippen molar-refractivity contribution >= 4 is 27.6 Å². The second-order valence-corrected chi connectivity index (χ2v) is 2.74. The van der Waals surface area contributed by atoms with E-state index in [9.17, 15) is 0 Å². The van der Waals surface area contributed by atoms with Gasteiger partial charge < -0.3 is 11.1 Å². The van der Waals surface area contributed by atoms with E-state index in [1.54, 1.807) is 0 Å². The number of nitrogens with two attached hydrogens (primary N) is 1. The maximum atomic E-state index is 5.51. The molecule has 0 radical (unpaired) electrons. The topological polar surface area (TPSA) is 63.8 Å². The van der Waals surface area contributed by atoms with E-state index in [2.05, 4.69) is 31.2 Å². The fraction of sp³-hybridized carbons (Fsp3) is 0.333. The minimum Gasteiger partial charge on any atom is -0.383 e. The Balaban J connectivity index is 2.96. The average molecular weight is 217 g/mol. The first-order chi connectivity index (χ1) is 5.25. The second-order valence-electron chi connectivity index (χ2n) is 1.95. The molecule has 1 rings (SSSR count). The van der Waals surface area contributed by atoms with Crippen LogP contribution in [-0.4, -0.2) is 16.5 Å². The van der Waals surface area contributed by atoms with E-state index in [-0.39, 0.29) is 0 Å². The van der Waals surface area contributed by atoms with Crippen molar-refractivity contribution in [3.05, 3.63) is 10.8 Å². The summed E-state index contributed by atoms with van der Waals surface area (Å²) >= 11 is 3.27. The maximum absolute atomic E-state index is 5.51. The second kappa shape index (κ2) is 3.52. The van der Waals surface area contributed by atoms with E-state index >= 15 is 0 Å². The van der Waals surface area contributed by atoms with Gasteiger partial charge >= 0.3 is 0 Å². The molecule has 3 N–H and O–H groups in total. The number of anilines is 2. The maximum Gasteiger partial charge on any atom is 0.145 e. The minimum absolute atomic E-state index is 0.455. The monoisotopic (exact) mass is 216 g/mol. The molecule has 5 heteroatoms. The Kier molecular flexibility index (Phi) is 2.64. The Morgan fingerprint density at radius 3 is 3.00 bits per heavy atom. The molecule has 0 fully saturated rings. The van der Waals surface area contributed by atoms with Gasteiger partial charge in [-0.3, -0.25) is 0 Å². The number of halogens is 1. The fourth-order valence-electron chi connectivity index (χ4n) is 0.674. The van der Waals surface area contributed by atoms with Crippen molar-refractivity contribution in [3.63, 3.8) is 0 Å². The van der Waals surface area contributed by atoms with E-state index < -0.39 is 0 Å². The molecule has 1 heterocycles. The van der Waals surface area contributed by atoms with E-state index in [0.717, 1.165) is 16.8 Å². The summed E-state index contributed by atoms with van der Waals surface area (Å²) in [7, 11) is 0. The molecule has 0 atom stereocenters. The lowest BCUT2D eigenvalue weighted by Gasteiger charge is -2.04. The summed E-state index contributed by atoms with van der Waals surface area (Å²) in [5, 5.41) is 3.04. The van der Waals surface area contributed by atoms with E-state index in [0.29, 0.717) is 5.82 Å². The molecule has 0 saturated carbocycles. The van der Waals surface area contributed by atoms with Crippen LogP contribution in [0, 0.1) is 0 Å². The number of nitrogen functional groups attached to an aromatic ring is 1. The summed E-state index contributed by atoms with van der Waals surface area (Å²) < 4.78 is 0.724. The van der Waals surface area contributed by atoms with Crippen molar-refractivity contribution in [2.45, 2.75) is 6.92 Å². The highest BCUT2D eigenvalue weighted by Crippen LogP contribution is 2.23. The molecule has 0 spiro atoms. The molecule has 1 aromatic rings. The first-order valence-electron chi connectivity index (χ1n) is 3.25. The summed E-state index contributed by atoms with van der Waals surface area (Å²) in [4.78, 5) is 7.78. The highest BCUT2D eigenvalue weighted by Gasteiger charge is 2.02. The van der Waals surface area contributed by atoms with Crippen molar-refractivity contribution in [1.82, 2.24) is 9.97 Å². The van der Waals surface area contributed by atoms with Crippen LogP contribution in [0.5, 0.6) is 0 Å². The zero-order valence-corrected chi connectivity index (χ0v) is 7.72. The van der Waals surface area contributed by atoms with Crippen LogP contribution in [0.15, 0.2) is 10.8 Å². The minimum atomic E-state index is 0.455. The highest BCUT2D eigenvalue weighted by atomic mass is 79.9. The van der Waals surface area contributed by atoms with Crippen LogP contribution in [0.4, 0.5) is 11.6 Å². The van der Waals surface area contributed by atoms with Gasteiger partial charge in [-0.2, -0.15) is 0 Å². The number of nitrogens with one attached hydrogen (secondary N) is 1. The predicted molar refractivity (Wildman–Crippen MR) is 48.3 cm³/mol. The van der Waals surface area contributed by atoms with E-state index in [1.807, 2.05) is 6.92 Å². The Hall–Kier alpha value is -0.840. The van der Waals surface area contributed by atoms with Crippen LogP contribution >= 0.6 is 15.9 Å². The van der Waals surface area contributed by atoms with Crippen LogP contribution in [0.1, 0.15) is 6.92 Å². The smallest absolute Gasteiger partial charge is 0.145 e. The van der Waals surface area contributed by atoms with Gasteiger partial charge in [0.1, 0.15) is 22.4 Å². The molecular formula is C6H9BrN4.